The zero-order chi connectivity index (χ0) is 24.5. The molecule has 0 saturated heterocycles. The number of aromatic nitrogens is 4. The third-order valence-corrected chi connectivity index (χ3v) is 7.43. The van der Waals surface area contributed by atoms with Crippen molar-refractivity contribution >= 4 is 19.1 Å². The number of nitrogens with zero attached hydrogens (tertiary/aromatic N) is 4. The molecule has 4 aromatic rings. The molecule has 3 heterocycles. The van der Waals surface area contributed by atoms with E-state index in [-0.39, 0.29) is 12.5 Å². The van der Waals surface area contributed by atoms with Gasteiger partial charge in [0.1, 0.15) is 23.9 Å². The van der Waals surface area contributed by atoms with E-state index in [1.165, 1.54) is 6.07 Å². The average molecular weight is 483 g/mol. The van der Waals surface area contributed by atoms with Crippen LogP contribution < -0.4 is 9.47 Å². The maximum absolute atomic E-state index is 15.3. The van der Waals surface area contributed by atoms with Gasteiger partial charge in [-0.2, -0.15) is 0 Å². The Bertz CT molecular complexity index is 1310. The molecule has 0 spiro atoms. The fraction of sp³-hybridized carbons (Fsp3) is 0.360. The van der Waals surface area contributed by atoms with Crippen molar-refractivity contribution in [2.75, 3.05) is 20.8 Å². The minimum atomic E-state index is -1.25. The Kier molecular flexibility index (Phi) is 6.76. The number of fused-ring (bicyclic) bond motifs is 1. The summed E-state index contributed by atoms with van der Waals surface area (Å²) in [6.45, 7) is 7.88. The second kappa shape index (κ2) is 9.59. The first-order chi connectivity index (χ1) is 16.2. The van der Waals surface area contributed by atoms with Crippen molar-refractivity contribution in [2.45, 2.75) is 32.4 Å². The van der Waals surface area contributed by atoms with Crippen molar-refractivity contribution in [1.29, 1.82) is 0 Å². The van der Waals surface area contributed by atoms with Gasteiger partial charge in [0.15, 0.2) is 0 Å². The van der Waals surface area contributed by atoms with Crippen molar-refractivity contribution in [3.8, 4) is 34.0 Å². The van der Waals surface area contributed by atoms with Gasteiger partial charge in [-0.1, -0.05) is 19.6 Å². The van der Waals surface area contributed by atoms with Gasteiger partial charge in [-0.3, -0.25) is 4.68 Å². The number of rotatable bonds is 9. The lowest BCUT2D eigenvalue weighted by Crippen LogP contribution is -2.22. The standard InChI is InChI=1S/C25H31FN4O3Si/c1-29-15-20(25(28-29)32-3)23-22(19-14-17(31-2)9-10-21(19)26)18-8-7-11-27-24(18)30(23)16-33-12-13-34(4,5)6/h7-11,14-15H,12-13,16H2,1-6H3. The third-order valence-electron chi connectivity index (χ3n) is 5.72. The van der Waals surface area contributed by atoms with Crippen LogP contribution >= 0.6 is 0 Å². The van der Waals surface area contributed by atoms with E-state index in [1.54, 1.807) is 37.2 Å². The Morgan fingerprint density at radius 3 is 2.56 bits per heavy atom. The van der Waals surface area contributed by atoms with Gasteiger partial charge in [-0.15, -0.1) is 5.10 Å². The number of aryl methyl sites for hydroxylation is 1. The highest BCUT2D eigenvalue weighted by Crippen LogP contribution is 2.44. The number of hydrogen-bond acceptors (Lipinski definition) is 5. The molecule has 0 atom stereocenters. The number of pyridine rings is 1. The van der Waals surface area contributed by atoms with Crippen molar-refractivity contribution in [1.82, 2.24) is 19.3 Å². The van der Waals surface area contributed by atoms with Crippen LogP contribution in [-0.4, -0.2) is 48.2 Å². The van der Waals surface area contributed by atoms with Gasteiger partial charge < -0.3 is 18.8 Å². The summed E-state index contributed by atoms with van der Waals surface area (Å²) in [4.78, 5) is 4.65. The molecule has 4 rings (SSSR count). The molecule has 0 aliphatic rings. The van der Waals surface area contributed by atoms with Gasteiger partial charge in [0.2, 0.25) is 5.88 Å². The monoisotopic (exact) mass is 482 g/mol. The van der Waals surface area contributed by atoms with Crippen molar-refractivity contribution in [3.63, 3.8) is 0 Å². The van der Waals surface area contributed by atoms with Gasteiger partial charge in [0.05, 0.1) is 25.5 Å². The molecule has 0 amide bonds. The molecular weight excluding hydrogens is 451 g/mol. The van der Waals surface area contributed by atoms with Crippen LogP contribution in [0.4, 0.5) is 4.39 Å². The van der Waals surface area contributed by atoms with Crippen LogP contribution in [0.1, 0.15) is 0 Å². The summed E-state index contributed by atoms with van der Waals surface area (Å²) in [5, 5.41) is 5.25. The molecule has 0 radical (unpaired) electrons. The molecule has 0 unspecified atom stereocenters. The third kappa shape index (κ3) is 4.71. The van der Waals surface area contributed by atoms with Crippen molar-refractivity contribution in [3.05, 3.63) is 48.5 Å². The molecule has 180 valence electrons. The molecule has 0 saturated carbocycles. The lowest BCUT2D eigenvalue weighted by atomic mass is 9.99. The summed E-state index contributed by atoms with van der Waals surface area (Å²) >= 11 is 0. The van der Waals surface area contributed by atoms with E-state index in [0.29, 0.717) is 35.0 Å². The molecule has 0 aliphatic heterocycles. The smallest absolute Gasteiger partial charge is 0.242 e. The lowest BCUT2D eigenvalue weighted by Gasteiger charge is -2.17. The van der Waals surface area contributed by atoms with Crippen LogP contribution in [-0.2, 0) is 18.5 Å². The van der Waals surface area contributed by atoms with Crippen LogP contribution in [0, 0.1) is 5.82 Å². The molecule has 0 bridgehead atoms. The number of benzene rings is 1. The van der Waals surface area contributed by atoms with E-state index in [9.17, 15) is 0 Å². The maximum Gasteiger partial charge on any atom is 0.242 e. The zero-order valence-corrected chi connectivity index (χ0v) is 21.6. The van der Waals surface area contributed by atoms with Crippen LogP contribution in [0.2, 0.25) is 25.7 Å². The maximum atomic E-state index is 15.3. The van der Waals surface area contributed by atoms with Crippen LogP contribution in [0.3, 0.4) is 0 Å². The number of halogens is 1. The minimum absolute atomic E-state index is 0.275. The van der Waals surface area contributed by atoms with Gasteiger partial charge in [0.25, 0.3) is 0 Å². The second-order valence-corrected chi connectivity index (χ2v) is 15.1. The largest absolute Gasteiger partial charge is 0.497 e. The molecule has 3 aromatic heterocycles. The predicted octanol–water partition coefficient (Wildman–Crippen LogP) is 5.57. The Morgan fingerprint density at radius 2 is 1.85 bits per heavy atom. The molecule has 34 heavy (non-hydrogen) atoms. The van der Waals surface area contributed by atoms with E-state index < -0.39 is 8.07 Å². The van der Waals surface area contributed by atoms with E-state index in [0.717, 1.165) is 22.7 Å². The lowest BCUT2D eigenvalue weighted by molar-refractivity contribution is 0.0909. The van der Waals surface area contributed by atoms with Crippen LogP contribution in [0.25, 0.3) is 33.4 Å². The molecular formula is C25H31FN4O3Si. The fourth-order valence-corrected chi connectivity index (χ4v) is 4.75. The Balaban J connectivity index is 1.97. The Hall–Kier alpha value is -3.17. The molecule has 1 aromatic carbocycles. The highest BCUT2D eigenvalue weighted by molar-refractivity contribution is 6.76. The highest BCUT2D eigenvalue weighted by Gasteiger charge is 2.27. The predicted molar refractivity (Wildman–Crippen MR) is 135 cm³/mol. The summed E-state index contributed by atoms with van der Waals surface area (Å²) in [7, 11) is 3.72. The average Bonchev–Trinajstić information content (AvgIpc) is 3.33. The SMILES string of the molecule is COc1ccc(F)c(-c2c(-c3cn(C)nc3OC)n(COCC[Si](C)(C)C)c3ncccc23)c1. The number of methoxy groups -OCH3 is 2. The molecule has 0 aliphatic carbocycles. The Morgan fingerprint density at radius 1 is 1.06 bits per heavy atom. The highest BCUT2D eigenvalue weighted by atomic mass is 28.3. The number of hydrogen-bond donors (Lipinski definition) is 0. The minimum Gasteiger partial charge on any atom is -0.497 e. The molecule has 0 N–H and O–H groups in total. The first-order valence-electron chi connectivity index (χ1n) is 11.2. The first-order valence-corrected chi connectivity index (χ1v) is 14.9. The van der Waals surface area contributed by atoms with E-state index in [4.69, 9.17) is 14.2 Å². The van der Waals surface area contributed by atoms with E-state index >= 15 is 4.39 Å². The summed E-state index contributed by atoms with van der Waals surface area (Å²) in [6.07, 6.45) is 3.60. The topological polar surface area (TPSA) is 63.3 Å². The van der Waals surface area contributed by atoms with Gasteiger partial charge >= 0.3 is 0 Å². The quantitative estimate of drug-likeness (QED) is 0.230. The summed E-state index contributed by atoms with van der Waals surface area (Å²) in [5.41, 5.74) is 3.28. The second-order valence-electron chi connectivity index (χ2n) is 9.45. The summed E-state index contributed by atoms with van der Waals surface area (Å²) in [5.74, 6) is 0.655. The summed E-state index contributed by atoms with van der Waals surface area (Å²) in [6, 6.07) is 9.58. The molecule has 0 fully saturated rings. The van der Waals surface area contributed by atoms with Crippen LogP contribution in [0.15, 0.2) is 42.7 Å². The van der Waals surface area contributed by atoms with Crippen molar-refractivity contribution in [2.24, 2.45) is 7.05 Å². The molecule has 7 nitrogen and oxygen atoms in total. The van der Waals surface area contributed by atoms with Gasteiger partial charge in [-0.25, -0.2) is 9.37 Å². The Labute approximate surface area is 200 Å². The molecule has 9 heteroatoms. The van der Waals surface area contributed by atoms with Gasteiger partial charge in [0, 0.05) is 50.6 Å². The fourth-order valence-electron chi connectivity index (χ4n) is 3.99. The number of ether oxygens (including phenoxy) is 3. The van der Waals surface area contributed by atoms with Crippen LogP contribution in [0.5, 0.6) is 11.6 Å². The van der Waals surface area contributed by atoms with Gasteiger partial charge in [-0.05, 0) is 36.4 Å². The van der Waals surface area contributed by atoms with E-state index in [2.05, 4.69) is 29.7 Å². The van der Waals surface area contributed by atoms with E-state index in [1.807, 2.05) is 29.9 Å². The normalized spacial score (nSPS) is 11.9. The zero-order valence-electron chi connectivity index (χ0n) is 20.6. The first kappa shape index (κ1) is 24.0. The summed E-state index contributed by atoms with van der Waals surface area (Å²) < 4.78 is 36.1. The van der Waals surface area contributed by atoms with Crippen molar-refractivity contribution < 1.29 is 18.6 Å².